The molecule has 0 bridgehead atoms. The summed E-state index contributed by atoms with van der Waals surface area (Å²) < 4.78 is 49.0. The molecule has 242 valence electrons. The highest BCUT2D eigenvalue weighted by atomic mass is 31.2. The van der Waals surface area contributed by atoms with Crippen LogP contribution in [0.2, 0.25) is 0 Å². The predicted octanol–water partition coefficient (Wildman–Crippen LogP) is -2.60. The fourth-order valence-electron chi connectivity index (χ4n) is 5.04. The van der Waals surface area contributed by atoms with Crippen molar-refractivity contribution in [3.8, 4) is 0 Å². The fraction of sp³-hybridized carbons (Fsp3) is 0.636. The number of nitrogen functional groups attached to an aromatic ring is 2. The number of phosphoric ester groups is 1. The number of rotatable bonds is 12. The van der Waals surface area contributed by atoms with E-state index in [2.05, 4.69) is 24.9 Å². The summed E-state index contributed by atoms with van der Waals surface area (Å²) in [4.78, 5) is 53.1. The molecular formula is C22H32N9O12P. The standard InChI is InChI=1S/C22H32N9O12P/c1-3-38-14-12(33)10(42-18(14)31-8-26-20(23)29-22(31)35)6-40-44(36,37)43-13-9(5-32)41-19(15(13)39-4-2)30-7-25-11-16(30)27-21(24)28-17(11)34/h7-10,12-15,18-19,32-33H,3-6H2,1-2H3,(H,36,37)(H2,23,29,35)(H3,24,27,28,34)/t9-,10-,12?,13?,14+,15+,18-,19-/m1/s1. The number of aliphatic hydroxyl groups excluding tert-OH is 2. The highest BCUT2D eigenvalue weighted by Crippen LogP contribution is 2.50. The maximum atomic E-state index is 13.2. The average Bonchev–Trinajstić information content (AvgIpc) is 3.62. The summed E-state index contributed by atoms with van der Waals surface area (Å²) in [6, 6.07) is 0. The van der Waals surface area contributed by atoms with Crippen molar-refractivity contribution in [3.05, 3.63) is 33.5 Å². The molecule has 3 aromatic rings. The van der Waals surface area contributed by atoms with Gasteiger partial charge < -0.3 is 45.5 Å². The van der Waals surface area contributed by atoms with E-state index in [4.69, 9.17) is 39.5 Å². The molecule has 2 aliphatic heterocycles. The van der Waals surface area contributed by atoms with E-state index in [9.17, 15) is 29.3 Å². The molecule has 0 aromatic carbocycles. The van der Waals surface area contributed by atoms with Gasteiger partial charge in [-0.2, -0.15) is 9.97 Å². The van der Waals surface area contributed by atoms with Crippen LogP contribution in [0.3, 0.4) is 0 Å². The van der Waals surface area contributed by atoms with Crippen molar-refractivity contribution in [2.24, 2.45) is 0 Å². The van der Waals surface area contributed by atoms with Gasteiger partial charge >= 0.3 is 13.5 Å². The zero-order valence-electron chi connectivity index (χ0n) is 23.4. The number of imidazole rings is 1. The van der Waals surface area contributed by atoms with Gasteiger partial charge in [0.25, 0.3) is 5.56 Å². The highest BCUT2D eigenvalue weighted by molar-refractivity contribution is 7.47. The molecule has 5 heterocycles. The maximum Gasteiger partial charge on any atom is 0.472 e. The van der Waals surface area contributed by atoms with Crippen molar-refractivity contribution in [2.75, 3.05) is 37.9 Å². The number of phosphoric acid groups is 1. The van der Waals surface area contributed by atoms with Crippen molar-refractivity contribution < 1.29 is 47.7 Å². The largest absolute Gasteiger partial charge is 0.472 e. The van der Waals surface area contributed by atoms with Crippen molar-refractivity contribution >= 4 is 30.9 Å². The third-order valence-electron chi connectivity index (χ3n) is 6.90. The second-order valence-corrected chi connectivity index (χ2v) is 11.1. The molecule has 0 saturated carbocycles. The summed E-state index contributed by atoms with van der Waals surface area (Å²) in [6.07, 6.45) is -7.49. The Kier molecular flexibility index (Phi) is 9.41. The number of nitrogens with two attached hydrogens (primary N) is 2. The number of aromatic nitrogens is 7. The van der Waals surface area contributed by atoms with Crippen molar-refractivity contribution in [3.63, 3.8) is 0 Å². The van der Waals surface area contributed by atoms with Gasteiger partial charge in [0, 0.05) is 13.2 Å². The fourth-order valence-corrected chi connectivity index (χ4v) is 6.00. The normalized spacial score (nSPS) is 30.2. The van der Waals surface area contributed by atoms with Crippen LogP contribution in [0.1, 0.15) is 26.3 Å². The molecule has 9 atom stereocenters. The molecule has 22 heteroatoms. The van der Waals surface area contributed by atoms with Crippen LogP contribution in [0.4, 0.5) is 11.9 Å². The van der Waals surface area contributed by atoms with Gasteiger partial charge in [0.2, 0.25) is 11.9 Å². The SMILES string of the molecule is CCO[C@H]1C(O)[C@@H](COP(=O)(O)OC2[C@@H](CO)O[C@@H](n3cnc4c(=O)[nH]c(N)nc43)[C@H]2OCC)O[C@H]1n1cnc(N)nc1=O. The molecular weight excluding hydrogens is 613 g/mol. The van der Waals surface area contributed by atoms with Crippen LogP contribution < -0.4 is 22.7 Å². The number of H-pyrrole nitrogens is 1. The summed E-state index contributed by atoms with van der Waals surface area (Å²) >= 11 is 0. The second-order valence-electron chi connectivity index (χ2n) is 9.66. The van der Waals surface area contributed by atoms with Crippen LogP contribution in [-0.4, -0.2) is 112 Å². The molecule has 2 aliphatic rings. The lowest BCUT2D eigenvalue weighted by Crippen LogP contribution is -2.39. The van der Waals surface area contributed by atoms with E-state index in [-0.39, 0.29) is 36.3 Å². The first-order valence-corrected chi connectivity index (χ1v) is 14.9. The highest BCUT2D eigenvalue weighted by Gasteiger charge is 2.51. The van der Waals surface area contributed by atoms with E-state index in [1.807, 2.05) is 0 Å². The third-order valence-corrected chi connectivity index (χ3v) is 7.88. The number of hydrogen-bond donors (Lipinski definition) is 6. The third kappa shape index (κ3) is 6.24. The van der Waals surface area contributed by atoms with Gasteiger partial charge in [0.15, 0.2) is 23.6 Å². The number of aromatic amines is 1. The van der Waals surface area contributed by atoms with Gasteiger partial charge in [-0.15, -0.1) is 0 Å². The molecule has 0 amide bonds. The number of anilines is 2. The van der Waals surface area contributed by atoms with E-state index < -0.39 is 81.4 Å². The van der Waals surface area contributed by atoms with Crippen molar-refractivity contribution in [1.29, 1.82) is 0 Å². The van der Waals surface area contributed by atoms with Gasteiger partial charge in [0.05, 0.1) is 19.5 Å². The molecule has 3 aromatic heterocycles. The molecule has 44 heavy (non-hydrogen) atoms. The minimum Gasteiger partial charge on any atom is -0.394 e. The Morgan fingerprint density at radius 2 is 1.66 bits per heavy atom. The van der Waals surface area contributed by atoms with Gasteiger partial charge in [-0.3, -0.25) is 28.0 Å². The molecule has 2 saturated heterocycles. The Morgan fingerprint density at radius 3 is 2.34 bits per heavy atom. The maximum absolute atomic E-state index is 13.2. The minimum atomic E-state index is -4.97. The van der Waals surface area contributed by atoms with E-state index >= 15 is 0 Å². The number of nitrogens with zero attached hydrogens (tertiary/aromatic N) is 6. The first kappa shape index (κ1) is 32.0. The molecule has 21 nitrogen and oxygen atoms in total. The van der Waals surface area contributed by atoms with Gasteiger partial charge in [0.1, 0.15) is 43.0 Å². The Morgan fingerprint density at radius 1 is 1.00 bits per heavy atom. The summed E-state index contributed by atoms with van der Waals surface area (Å²) in [7, 11) is -4.97. The first-order chi connectivity index (χ1) is 21.0. The van der Waals surface area contributed by atoms with Crippen LogP contribution in [0.5, 0.6) is 0 Å². The monoisotopic (exact) mass is 645 g/mol. The van der Waals surface area contributed by atoms with E-state index in [1.165, 1.54) is 10.9 Å². The summed E-state index contributed by atoms with van der Waals surface area (Å²) in [5, 5.41) is 20.9. The second kappa shape index (κ2) is 12.9. The summed E-state index contributed by atoms with van der Waals surface area (Å²) in [5.74, 6) is -0.454. The van der Waals surface area contributed by atoms with E-state index in [0.29, 0.717) is 0 Å². The zero-order chi connectivity index (χ0) is 31.8. The van der Waals surface area contributed by atoms with Crippen LogP contribution in [0.15, 0.2) is 22.2 Å². The topological polar surface area (TPSA) is 297 Å². The molecule has 5 rings (SSSR count). The lowest BCUT2D eigenvalue weighted by Gasteiger charge is -2.26. The minimum absolute atomic E-state index is 0.0399. The van der Waals surface area contributed by atoms with Crippen LogP contribution in [0.25, 0.3) is 11.2 Å². The molecule has 8 N–H and O–H groups in total. The summed E-state index contributed by atoms with van der Waals surface area (Å²) in [5.41, 5.74) is 9.70. The van der Waals surface area contributed by atoms with Crippen molar-refractivity contribution in [1.82, 2.24) is 34.1 Å². The van der Waals surface area contributed by atoms with E-state index in [0.717, 1.165) is 10.9 Å². The number of aliphatic hydroxyl groups is 2. The van der Waals surface area contributed by atoms with Gasteiger partial charge in [-0.05, 0) is 13.8 Å². The molecule has 0 aliphatic carbocycles. The number of ether oxygens (including phenoxy) is 4. The molecule has 2 fully saturated rings. The molecule has 0 radical (unpaired) electrons. The number of fused-ring (bicyclic) bond motifs is 1. The Balaban J connectivity index is 1.33. The molecule has 0 spiro atoms. The lowest BCUT2D eigenvalue weighted by atomic mass is 10.1. The van der Waals surface area contributed by atoms with Crippen molar-refractivity contribution in [2.45, 2.75) is 62.9 Å². The first-order valence-electron chi connectivity index (χ1n) is 13.4. The number of nitrogens with one attached hydrogen (secondary N) is 1. The van der Waals surface area contributed by atoms with Gasteiger partial charge in [-0.25, -0.2) is 19.3 Å². The average molecular weight is 646 g/mol. The van der Waals surface area contributed by atoms with Crippen LogP contribution in [-0.2, 0) is 32.6 Å². The molecule has 3 unspecified atom stereocenters. The zero-order valence-corrected chi connectivity index (χ0v) is 24.3. The smallest absolute Gasteiger partial charge is 0.394 e. The Bertz CT molecular complexity index is 1630. The lowest BCUT2D eigenvalue weighted by molar-refractivity contribution is -0.0745. The van der Waals surface area contributed by atoms with E-state index in [1.54, 1.807) is 13.8 Å². The van der Waals surface area contributed by atoms with Gasteiger partial charge in [-0.1, -0.05) is 0 Å². The Hall–Kier alpha value is -3.37. The summed E-state index contributed by atoms with van der Waals surface area (Å²) in [6.45, 7) is 2.20. The Labute approximate surface area is 247 Å². The van der Waals surface area contributed by atoms with Crippen LogP contribution in [0, 0.1) is 0 Å². The quantitative estimate of drug-likeness (QED) is 0.110. The number of hydrogen-bond acceptors (Lipinski definition) is 17. The predicted molar refractivity (Wildman–Crippen MR) is 146 cm³/mol. The van der Waals surface area contributed by atoms with Crippen LogP contribution >= 0.6 is 7.82 Å².